The van der Waals surface area contributed by atoms with Crippen LogP contribution >= 0.6 is 11.8 Å². The number of aromatic nitrogens is 2. The Morgan fingerprint density at radius 1 is 1.31 bits per heavy atom. The minimum atomic E-state index is 0.485. The fraction of sp³-hybridized carbons (Fsp3) is 0.182. The molecule has 0 fully saturated rings. The molecule has 0 amide bonds. The standard InChI is InChI=1S/C11H11N3OS/c1-8(16-2)14-15-11-9-5-3-4-6-10(9)12-7-13-11/h3-7H,1-2H3. The molecule has 0 aliphatic carbocycles. The molecule has 0 N–H and O–H groups in total. The fourth-order valence-corrected chi connectivity index (χ4v) is 1.31. The number of para-hydroxylation sites is 1. The third-order valence-electron chi connectivity index (χ3n) is 2.06. The van der Waals surface area contributed by atoms with Gasteiger partial charge in [0, 0.05) is 0 Å². The zero-order valence-corrected chi connectivity index (χ0v) is 9.86. The number of oxime groups is 1. The predicted molar refractivity (Wildman–Crippen MR) is 66.8 cm³/mol. The van der Waals surface area contributed by atoms with Crippen LogP contribution in [-0.4, -0.2) is 21.3 Å². The maximum Gasteiger partial charge on any atom is 0.259 e. The highest BCUT2D eigenvalue weighted by molar-refractivity contribution is 8.13. The summed E-state index contributed by atoms with van der Waals surface area (Å²) in [5.74, 6) is 0.485. The molecule has 4 nitrogen and oxygen atoms in total. The van der Waals surface area contributed by atoms with Crippen LogP contribution in [0.4, 0.5) is 0 Å². The number of hydrogen-bond donors (Lipinski definition) is 0. The topological polar surface area (TPSA) is 47.4 Å². The van der Waals surface area contributed by atoms with Crippen LogP contribution in [0.3, 0.4) is 0 Å². The van der Waals surface area contributed by atoms with Gasteiger partial charge in [0.2, 0.25) is 0 Å². The molecule has 1 aromatic carbocycles. The molecule has 0 saturated heterocycles. The minimum Gasteiger partial charge on any atom is -0.335 e. The van der Waals surface area contributed by atoms with Crippen LogP contribution in [0.2, 0.25) is 0 Å². The van der Waals surface area contributed by atoms with Crippen molar-refractivity contribution in [2.45, 2.75) is 6.92 Å². The highest BCUT2D eigenvalue weighted by Crippen LogP contribution is 2.20. The fourth-order valence-electron chi connectivity index (χ4n) is 1.20. The third-order valence-corrected chi connectivity index (χ3v) is 2.73. The predicted octanol–water partition coefficient (Wildman–Crippen LogP) is 2.71. The van der Waals surface area contributed by atoms with E-state index in [9.17, 15) is 0 Å². The van der Waals surface area contributed by atoms with Gasteiger partial charge in [-0.3, -0.25) is 0 Å². The molecule has 0 bridgehead atoms. The van der Waals surface area contributed by atoms with Gasteiger partial charge in [0.15, 0.2) is 0 Å². The lowest BCUT2D eigenvalue weighted by Crippen LogP contribution is -1.93. The van der Waals surface area contributed by atoms with Gasteiger partial charge in [-0.25, -0.2) is 4.98 Å². The van der Waals surface area contributed by atoms with Gasteiger partial charge in [0.25, 0.3) is 5.88 Å². The van der Waals surface area contributed by atoms with Crippen LogP contribution in [0.1, 0.15) is 6.92 Å². The van der Waals surface area contributed by atoms with Crippen LogP contribution < -0.4 is 4.84 Å². The van der Waals surface area contributed by atoms with Crippen molar-refractivity contribution in [2.75, 3.05) is 6.26 Å². The van der Waals surface area contributed by atoms with Gasteiger partial charge in [-0.1, -0.05) is 17.3 Å². The van der Waals surface area contributed by atoms with E-state index in [0.717, 1.165) is 15.9 Å². The van der Waals surface area contributed by atoms with E-state index in [0.29, 0.717) is 5.88 Å². The first-order valence-corrected chi connectivity index (χ1v) is 5.99. The molecule has 2 aromatic rings. The smallest absolute Gasteiger partial charge is 0.259 e. The van der Waals surface area contributed by atoms with Crippen molar-refractivity contribution in [2.24, 2.45) is 5.16 Å². The van der Waals surface area contributed by atoms with E-state index in [4.69, 9.17) is 4.84 Å². The molecule has 2 rings (SSSR count). The molecule has 0 aliphatic heterocycles. The summed E-state index contributed by atoms with van der Waals surface area (Å²) in [6.45, 7) is 1.88. The van der Waals surface area contributed by atoms with Crippen molar-refractivity contribution in [3.05, 3.63) is 30.6 Å². The Hall–Kier alpha value is -1.62. The molecule has 5 heteroatoms. The molecule has 0 saturated carbocycles. The Balaban J connectivity index is 2.37. The zero-order valence-electron chi connectivity index (χ0n) is 9.04. The molecule has 1 heterocycles. The highest BCUT2D eigenvalue weighted by Gasteiger charge is 2.03. The van der Waals surface area contributed by atoms with Crippen LogP contribution in [0.15, 0.2) is 35.7 Å². The second kappa shape index (κ2) is 4.94. The van der Waals surface area contributed by atoms with Crippen molar-refractivity contribution in [1.29, 1.82) is 0 Å². The van der Waals surface area contributed by atoms with E-state index in [-0.39, 0.29) is 0 Å². The molecular formula is C11H11N3OS. The summed E-state index contributed by atoms with van der Waals surface area (Å²) in [6.07, 6.45) is 3.42. The van der Waals surface area contributed by atoms with Crippen LogP contribution in [0, 0.1) is 0 Å². The Morgan fingerprint density at radius 2 is 2.12 bits per heavy atom. The van der Waals surface area contributed by atoms with Crippen molar-refractivity contribution in [3.8, 4) is 5.88 Å². The van der Waals surface area contributed by atoms with E-state index in [1.807, 2.05) is 37.4 Å². The molecule has 0 aliphatic rings. The number of hydrogen-bond acceptors (Lipinski definition) is 5. The lowest BCUT2D eigenvalue weighted by Gasteiger charge is -2.02. The third kappa shape index (κ3) is 2.30. The van der Waals surface area contributed by atoms with Gasteiger partial charge >= 0.3 is 0 Å². The van der Waals surface area contributed by atoms with E-state index in [2.05, 4.69) is 15.1 Å². The molecule has 16 heavy (non-hydrogen) atoms. The van der Waals surface area contributed by atoms with E-state index in [1.165, 1.54) is 18.1 Å². The van der Waals surface area contributed by atoms with Crippen molar-refractivity contribution in [3.63, 3.8) is 0 Å². The Kier molecular flexibility index (Phi) is 3.36. The number of thioether (sulfide) groups is 1. The van der Waals surface area contributed by atoms with Crippen molar-refractivity contribution < 1.29 is 4.84 Å². The monoisotopic (exact) mass is 233 g/mol. The number of fused-ring (bicyclic) bond motifs is 1. The second-order valence-electron chi connectivity index (χ2n) is 3.10. The normalized spacial score (nSPS) is 11.8. The maximum atomic E-state index is 5.29. The lowest BCUT2D eigenvalue weighted by molar-refractivity contribution is 0.333. The first kappa shape index (κ1) is 10.9. The van der Waals surface area contributed by atoms with Gasteiger partial charge in [0.1, 0.15) is 11.4 Å². The average molecular weight is 233 g/mol. The maximum absolute atomic E-state index is 5.29. The zero-order chi connectivity index (χ0) is 11.4. The first-order chi connectivity index (χ1) is 7.81. The quantitative estimate of drug-likeness (QED) is 0.454. The molecule has 82 valence electrons. The first-order valence-electron chi connectivity index (χ1n) is 4.76. The summed E-state index contributed by atoms with van der Waals surface area (Å²) in [6, 6.07) is 7.67. The molecular weight excluding hydrogens is 222 g/mol. The Morgan fingerprint density at radius 3 is 2.94 bits per heavy atom. The van der Waals surface area contributed by atoms with Crippen LogP contribution in [0.25, 0.3) is 10.9 Å². The summed E-state index contributed by atoms with van der Waals surface area (Å²) in [5, 5.41) is 5.67. The van der Waals surface area contributed by atoms with Gasteiger partial charge in [-0.15, -0.1) is 11.8 Å². The van der Waals surface area contributed by atoms with Crippen LogP contribution in [0.5, 0.6) is 5.88 Å². The average Bonchev–Trinajstić information content (AvgIpc) is 2.35. The summed E-state index contributed by atoms with van der Waals surface area (Å²) in [4.78, 5) is 13.5. The van der Waals surface area contributed by atoms with E-state index >= 15 is 0 Å². The van der Waals surface area contributed by atoms with Gasteiger partial charge in [-0.2, -0.15) is 4.98 Å². The summed E-state index contributed by atoms with van der Waals surface area (Å²) in [7, 11) is 0. The van der Waals surface area contributed by atoms with Gasteiger partial charge < -0.3 is 4.84 Å². The van der Waals surface area contributed by atoms with Gasteiger partial charge in [-0.05, 0) is 25.3 Å². The molecule has 0 spiro atoms. The number of rotatable bonds is 2. The number of benzene rings is 1. The Bertz CT molecular complexity index is 522. The molecule has 0 atom stereocenters. The highest BCUT2D eigenvalue weighted by atomic mass is 32.2. The van der Waals surface area contributed by atoms with Crippen molar-refractivity contribution >= 4 is 27.7 Å². The second-order valence-corrected chi connectivity index (χ2v) is 4.10. The molecule has 1 aromatic heterocycles. The molecule has 0 unspecified atom stereocenters. The van der Waals surface area contributed by atoms with E-state index in [1.54, 1.807) is 0 Å². The number of nitrogens with zero attached hydrogens (tertiary/aromatic N) is 3. The van der Waals surface area contributed by atoms with Crippen molar-refractivity contribution in [1.82, 2.24) is 9.97 Å². The van der Waals surface area contributed by atoms with E-state index < -0.39 is 0 Å². The summed E-state index contributed by atoms with van der Waals surface area (Å²) < 4.78 is 0. The van der Waals surface area contributed by atoms with Crippen LogP contribution in [-0.2, 0) is 0 Å². The SMILES string of the molecule is CSC(C)=NOc1ncnc2ccccc12. The largest absolute Gasteiger partial charge is 0.335 e. The minimum absolute atomic E-state index is 0.485. The summed E-state index contributed by atoms with van der Waals surface area (Å²) in [5.41, 5.74) is 0.851. The lowest BCUT2D eigenvalue weighted by atomic mass is 10.2. The molecule has 0 radical (unpaired) electrons. The summed E-state index contributed by atoms with van der Waals surface area (Å²) >= 11 is 1.53. The van der Waals surface area contributed by atoms with Gasteiger partial charge in [0.05, 0.1) is 10.9 Å². The Labute approximate surface area is 97.7 Å².